The number of rotatable bonds is 14. The van der Waals surface area contributed by atoms with E-state index in [1.807, 2.05) is 0 Å². The van der Waals surface area contributed by atoms with Crippen LogP contribution in [0.1, 0.15) is 104 Å². The van der Waals surface area contributed by atoms with Crippen molar-refractivity contribution in [3.63, 3.8) is 0 Å². The Morgan fingerprint density at radius 1 is 0.806 bits per heavy atom. The van der Waals surface area contributed by atoms with Gasteiger partial charge in [0, 0.05) is 52.1 Å². The summed E-state index contributed by atoms with van der Waals surface area (Å²) in [6, 6.07) is 0. The number of ketones is 2. The Kier molecular flexibility index (Phi) is 15.4. The fourth-order valence-electron chi connectivity index (χ4n) is 5.44. The molecular formula is C27H50O4. The minimum absolute atomic E-state index is 0.336. The molecule has 182 valence electrons. The van der Waals surface area contributed by atoms with E-state index in [1.54, 1.807) is 14.2 Å². The molecule has 0 N–H and O–H groups in total. The van der Waals surface area contributed by atoms with Gasteiger partial charge >= 0.3 is 0 Å². The van der Waals surface area contributed by atoms with Gasteiger partial charge in [0.2, 0.25) is 0 Å². The first-order valence-electron chi connectivity index (χ1n) is 13.0. The molecule has 2 saturated carbocycles. The lowest BCUT2D eigenvalue weighted by atomic mass is 9.86. The highest BCUT2D eigenvalue weighted by molar-refractivity contribution is 5.82. The normalized spacial score (nSPS) is 25.5. The average Bonchev–Trinajstić information content (AvgIpc) is 3.40. The molecule has 0 bridgehead atoms. The van der Waals surface area contributed by atoms with E-state index in [-0.39, 0.29) is 0 Å². The minimum atomic E-state index is 0.336. The molecule has 4 nitrogen and oxygen atoms in total. The number of ether oxygens (including phenoxy) is 2. The van der Waals surface area contributed by atoms with Gasteiger partial charge < -0.3 is 9.47 Å². The fourth-order valence-corrected chi connectivity index (χ4v) is 5.44. The van der Waals surface area contributed by atoms with E-state index in [1.165, 1.54) is 38.5 Å². The molecule has 31 heavy (non-hydrogen) atoms. The van der Waals surface area contributed by atoms with Crippen molar-refractivity contribution in [3.8, 4) is 0 Å². The van der Waals surface area contributed by atoms with Gasteiger partial charge in [-0.3, -0.25) is 9.59 Å². The van der Waals surface area contributed by atoms with Gasteiger partial charge in [-0.1, -0.05) is 46.5 Å². The Balaban J connectivity index is 0.000000311. The van der Waals surface area contributed by atoms with E-state index in [2.05, 4.69) is 20.8 Å². The molecule has 0 radical (unpaired) electrons. The van der Waals surface area contributed by atoms with Crippen molar-refractivity contribution in [2.75, 3.05) is 27.4 Å². The molecule has 4 unspecified atom stereocenters. The highest BCUT2D eigenvalue weighted by Gasteiger charge is 2.32. The summed E-state index contributed by atoms with van der Waals surface area (Å²) in [6.07, 6.45) is 14.3. The topological polar surface area (TPSA) is 52.6 Å². The lowest BCUT2D eigenvalue weighted by molar-refractivity contribution is -0.125. The van der Waals surface area contributed by atoms with Gasteiger partial charge in [-0.15, -0.1) is 0 Å². The van der Waals surface area contributed by atoms with Crippen LogP contribution < -0.4 is 0 Å². The van der Waals surface area contributed by atoms with Crippen molar-refractivity contribution >= 4 is 11.6 Å². The Labute approximate surface area is 192 Å². The molecule has 2 fully saturated rings. The highest BCUT2D eigenvalue weighted by Crippen LogP contribution is 2.36. The second-order valence-electron chi connectivity index (χ2n) is 10.1. The predicted molar refractivity (Wildman–Crippen MR) is 128 cm³/mol. The number of hydrogen-bond acceptors (Lipinski definition) is 4. The molecule has 0 aliphatic heterocycles. The first-order valence-corrected chi connectivity index (χ1v) is 13.0. The van der Waals surface area contributed by atoms with E-state index in [4.69, 9.17) is 9.47 Å². The minimum Gasteiger partial charge on any atom is -0.385 e. The van der Waals surface area contributed by atoms with Crippen LogP contribution in [0.4, 0.5) is 0 Å². The van der Waals surface area contributed by atoms with Crippen LogP contribution in [0, 0.1) is 29.6 Å². The second kappa shape index (κ2) is 16.8. The lowest BCUT2D eigenvalue weighted by Gasteiger charge is -2.18. The molecule has 0 amide bonds. The van der Waals surface area contributed by atoms with Gasteiger partial charge in [-0.25, -0.2) is 0 Å². The number of methoxy groups -OCH3 is 2. The fraction of sp³-hybridized carbons (Fsp3) is 0.926. The Bertz CT molecular complexity index is 488. The Morgan fingerprint density at radius 2 is 1.32 bits per heavy atom. The molecule has 4 heteroatoms. The van der Waals surface area contributed by atoms with E-state index in [0.717, 1.165) is 58.2 Å². The largest absolute Gasteiger partial charge is 0.385 e. The van der Waals surface area contributed by atoms with Crippen molar-refractivity contribution in [3.05, 3.63) is 0 Å². The molecule has 4 atom stereocenters. The van der Waals surface area contributed by atoms with Gasteiger partial charge in [0.1, 0.15) is 11.6 Å². The monoisotopic (exact) mass is 438 g/mol. The number of unbranched alkanes of at least 4 members (excludes halogenated alkanes) is 2. The number of carbonyl (C=O) groups excluding carboxylic acids is 2. The van der Waals surface area contributed by atoms with Crippen LogP contribution in [0.2, 0.25) is 0 Å². The predicted octanol–water partition coefficient (Wildman–Crippen LogP) is 6.64. The van der Waals surface area contributed by atoms with Crippen molar-refractivity contribution in [1.29, 1.82) is 0 Å². The van der Waals surface area contributed by atoms with Crippen LogP contribution in [0.3, 0.4) is 0 Å². The molecule has 0 aromatic carbocycles. The lowest BCUT2D eigenvalue weighted by Crippen LogP contribution is -2.21. The smallest absolute Gasteiger partial charge is 0.136 e. The van der Waals surface area contributed by atoms with E-state index >= 15 is 0 Å². The Hall–Kier alpha value is -0.740. The van der Waals surface area contributed by atoms with E-state index < -0.39 is 0 Å². The van der Waals surface area contributed by atoms with Crippen molar-refractivity contribution in [2.24, 2.45) is 29.6 Å². The van der Waals surface area contributed by atoms with Crippen LogP contribution >= 0.6 is 0 Å². The highest BCUT2D eigenvalue weighted by atomic mass is 16.5. The third kappa shape index (κ3) is 11.1. The van der Waals surface area contributed by atoms with Crippen LogP contribution in [-0.4, -0.2) is 39.0 Å². The number of Topliss-reactive ketones (excluding diaryl/α,β-unsaturated/α-hetero) is 2. The zero-order valence-corrected chi connectivity index (χ0v) is 21.1. The molecule has 0 heterocycles. The van der Waals surface area contributed by atoms with Crippen molar-refractivity contribution in [1.82, 2.24) is 0 Å². The standard InChI is InChI=1S/C14H26O2.C13H24O2/c1-3-4-5-9-14(15)13-8-6-7-12(13)10-11-16-2;1-10(2)9-13(14)12-6-4-5-11(12)7-8-15-3/h12-13H,3-11H2,1-2H3;10-12H,4-9H2,1-3H3. The van der Waals surface area contributed by atoms with Gasteiger partial charge in [-0.05, 0) is 62.7 Å². The van der Waals surface area contributed by atoms with E-state index in [9.17, 15) is 9.59 Å². The van der Waals surface area contributed by atoms with Crippen LogP contribution in [0.25, 0.3) is 0 Å². The molecule has 2 aliphatic rings. The van der Waals surface area contributed by atoms with Crippen LogP contribution in [0.15, 0.2) is 0 Å². The first kappa shape index (κ1) is 28.3. The quantitative estimate of drug-likeness (QED) is 0.285. The van der Waals surface area contributed by atoms with Gasteiger partial charge in [-0.2, -0.15) is 0 Å². The zero-order chi connectivity index (χ0) is 23.1. The third-order valence-corrected chi connectivity index (χ3v) is 7.17. The summed E-state index contributed by atoms with van der Waals surface area (Å²) in [5.74, 6) is 3.40. The number of hydrogen-bond donors (Lipinski definition) is 0. The average molecular weight is 439 g/mol. The summed E-state index contributed by atoms with van der Waals surface area (Å²) < 4.78 is 10.2. The molecule has 2 aliphatic carbocycles. The molecule has 2 rings (SSSR count). The maximum Gasteiger partial charge on any atom is 0.136 e. The molecular weight excluding hydrogens is 388 g/mol. The number of carbonyl (C=O) groups is 2. The van der Waals surface area contributed by atoms with Crippen molar-refractivity contribution in [2.45, 2.75) is 104 Å². The van der Waals surface area contributed by atoms with Gasteiger partial charge in [0.05, 0.1) is 0 Å². The second-order valence-corrected chi connectivity index (χ2v) is 10.1. The summed E-state index contributed by atoms with van der Waals surface area (Å²) in [4.78, 5) is 24.0. The third-order valence-electron chi connectivity index (χ3n) is 7.17. The summed E-state index contributed by atoms with van der Waals surface area (Å²) in [5, 5.41) is 0. The Morgan fingerprint density at radius 3 is 1.77 bits per heavy atom. The SMILES string of the molecule is CCCCCC(=O)C1CCCC1CCOC.COCCC1CCCC1C(=O)CC(C)C. The molecule has 0 aromatic heterocycles. The summed E-state index contributed by atoms with van der Waals surface area (Å²) in [7, 11) is 3.48. The van der Waals surface area contributed by atoms with Crippen molar-refractivity contribution < 1.29 is 19.1 Å². The molecule has 0 aromatic rings. The van der Waals surface area contributed by atoms with Crippen LogP contribution in [0.5, 0.6) is 0 Å². The van der Waals surface area contributed by atoms with Gasteiger partial charge in [0.25, 0.3) is 0 Å². The van der Waals surface area contributed by atoms with Gasteiger partial charge in [0.15, 0.2) is 0 Å². The zero-order valence-electron chi connectivity index (χ0n) is 21.1. The first-order chi connectivity index (χ1) is 14.9. The maximum atomic E-state index is 12.1. The molecule has 0 spiro atoms. The van der Waals surface area contributed by atoms with Crippen LogP contribution in [-0.2, 0) is 19.1 Å². The summed E-state index contributed by atoms with van der Waals surface area (Å²) in [5.41, 5.74) is 0. The summed E-state index contributed by atoms with van der Waals surface area (Å²) >= 11 is 0. The van der Waals surface area contributed by atoms with E-state index in [0.29, 0.717) is 41.2 Å². The molecule has 0 saturated heterocycles. The maximum absolute atomic E-state index is 12.1. The summed E-state index contributed by atoms with van der Waals surface area (Å²) in [6.45, 7) is 8.04.